The molecule has 0 atom stereocenters. The van der Waals surface area contributed by atoms with Crippen LogP contribution in [0.2, 0.25) is 0 Å². The molecule has 0 unspecified atom stereocenters. The fraction of sp³-hybridized carbons (Fsp3) is 0.0192. The summed E-state index contributed by atoms with van der Waals surface area (Å²) in [4.78, 5) is 14.8. The molecule has 5 heteroatoms. The molecule has 266 valence electrons. The highest BCUT2D eigenvalue weighted by molar-refractivity contribution is 6.07. The monoisotopic (exact) mass is 729 g/mol. The Kier molecular flexibility index (Phi) is 6.78. The molecular formula is C52H31N3O2. The minimum absolute atomic E-state index is 0.522. The van der Waals surface area contributed by atoms with Gasteiger partial charge in [-0.2, -0.15) is 0 Å². The van der Waals surface area contributed by atoms with Gasteiger partial charge >= 0.3 is 0 Å². The average Bonchev–Trinajstić information content (AvgIpc) is 3.80. The molecule has 12 rings (SSSR count). The quantitative estimate of drug-likeness (QED) is 0.180. The third-order valence-electron chi connectivity index (χ3n) is 11.6. The molecule has 8 aromatic carbocycles. The lowest BCUT2D eigenvalue weighted by Crippen LogP contribution is -2.32. The van der Waals surface area contributed by atoms with E-state index in [1.807, 2.05) is 66.7 Å². The van der Waals surface area contributed by atoms with Crippen LogP contribution < -0.4 is 4.74 Å². The van der Waals surface area contributed by atoms with Crippen molar-refractivity contribution in [1.29, 1.82) is 0 Å². The van der Waals surface area contributed by atoms with Gasteiger partial charge in [-0.15, -0.1) is 0 Å². The highest BCUT2D eigenvalue weighted by atomic mass is 16.5. The van der Waals surface area contributed by atoms with Crippen LogP contribution in [0.5, 0.6) is 11.5 Å². The fourth-order valence-corrected chi connectivity index (χ4v) is 9.07. The molecule has 3 heterocycles. The predicted molar refractivity (Wildman–Crippen MR) is 226 cm³/mol. The molecule has 0 radical (unpaired) electrons. The molecule has 2 aliphatic rings. The number of aromatic nitrogens is 3. The standard InChI is InChI=1S/C52H31N3O2/c1-3-13-32(14-4-1)49-53-50(33-15-5-2-6-16-33)55-51(54-49)36-23-26-39-40-29-34(24-27-45(40)56-48(39)31-36)35-25-28-47-44(30-35)52(43-21-11-12-22-46(43)57-47)41-19-9-7-17-37(41)38-18-8-10-20-42(38)52/h1-31H. The SMILES string of the molecule is c1ccc(-c2nc(-c3ccccc3)nc(-c3ccc4c(c3)oc3ccc(-c5ccc6c(c5)C5(c7ccccc7O6)c6ccccc6-c6ccccc65)cc34)n2)cc1. The Balaban J connectivity index is 0.990. The first-order valence-corrected chi connectivity index (χ1v) is 19.2. The van der Waals surface area contributed by atoms with E-state index in [9.17, 15) is 0 Å². The number of fused-ring (bicyclic) bond motifs is 12. The van der Waals surface area contributed by atoms with Crippen LogP contribution in [0.25, 0.3) is 78.4 Å². The predicted octanol–water partition coefficient (Wildman–Crippen LogP) is 12.9. The molecule has 1 spiro atoms. The van der Waals surface area contributed by atoms with Gasteiger partial charge in [-0.25, -0.2) is 15.0 Å². The van der Waals surface area contributed by atoms with Crippen molar-refractivity contribution in [2.75, 3.05) is 0 Å². The lowest BCUT2D eigenvalue weighted by atomic mass is 9.66. The van der Waals surface area contributed by atoms with Crippen LogP contribution in [0.4, 0.5) is 0 Å². The smallest absolute Gasteiger partial charge is 0.164 e. The Morgan fingerprint density at radius 3 is 1.54 bits per heavy atom. The molecule has 1 aliphatic heterocycles. The van der Waals surface area contributed by atoms with Gasteiger partial charge in [-0.3, -0.25) is 0 Å². The van der Waals surface area contributed by atoms with Crippen molar-refractivity contribution in [3.63, 3.8) is 0 Å². The van der Waals surface area contributed by atoms with E-state index in [2.05, 4.69) is 121 Å². The highest BCUT2D eigenvalue weighted by Crippen LogP contribution is 2.62. The lowest BCUT2D eigenvalue weighted by Gasteiger charge is -2.39. The van der Waals surface area contributed by atoms with E-state index >= 15 is 0 Å². The molecular weight excluding hydrogens is 699 g/mol. The molecule has 0 fully saturated rings. The Bertz CT molecular complexity index is 3120. The second-order valence-electron chi connectivity index (χ2n) is 14.7. The number of ether oxygens (including phenoxy) is 1. The van der Waals surface area contributed by atoms with Gasteiger partial charge in [0.1, 0.15) is 22.7 Å². The normalized spacial score (nSPS) is 13.2. The first kappa shape index (κ1) is 31.7. The first-order valence-electron chi connectivity index (χ1n) is 19.2. The largest absolute Gasteiger partial charge is 0.457 e. The van der Waals surface area contributed by atoms with Gasteiger partial charge in [0, 0.05) is 38.6 Å². The molecule has 0 saturated carbocycles. The maximum Gasteiger partial charge on any atom is 0.164 e. The molecule has 0 N–H and O–H groups in total. The zero-order valence-electron chi connectivity index (χ0n) is 30.6. The molecule has 0 amide bonds. The van der Waals surface area contributed by atoms with Crippen molar-refractivity contribution in [3.8, 4) is 67.9 Å². The Hall–Kier alpha value is -7.63. The van der Waals surface area contributed by atoms with Crippen LogP contribution in [0, 0.1) is 0 Å². The summed E-state index contributed by atoms with van der Waals surface area (Å²) >= 11 is 0. The van der Waals surface area contributed by atoms with E-state index in [0.717, 1.165) is 72.4 Å². The van der Waals surface area contributed by atoms with Crippen LogP contribution in [-0.4, -0.2) is 15.0 Å². The van der Waals surface area contributed by atoms with Gasteiger partial charge in [0.05, 0.1) is 5.41 Å². The average molecular weight is 730 g/mol. The second-order valence-corrected chi connectivity index (χ2v) is 14.7. The van der Waals surface area contributed by atoms with Crippen LogP contribution in [0.1, 0.15) is 22.3 Å². The van der Waals surface area contributed by atoms with Gasteiger partial charge in [-0.05, 0) is 75.8 Å². The van der Waals surface area contributed by atoms with E-state index in [0.29, 0.717) is 17.5 Å². The van der Waals surface area contributed by atoms with Gasteiger partial charge in [0.15, 0.2) is 17.5 Å². The summed E-state index contributed by atoms with van der Waals surface area (Å²) in [5.41, 5.74) is 13.4. The van der Waals surface area contributed by atoms with E-state index < -0.39 is 5.41 Å². The van der Waals surface area contributed by atoms with Crippen LogP contribution in [0.15, 0.2) is 192 Å². The zero-order chi connectivity index (χ0) is 37.5. The summed E-state index contributed by atoms with van der Waals surface area (Å²) in [6, 6.07) is 65.6. The Labute approximate surface area is 328 Å². The molecule has 1 aliphatic carbocycles. The second kappa shape index (κ2) is 12.2. The van der Waals surface area contributed by atoms with Crippen molar-refractivity contribution in [3.05, 3.63) is 210 Å². The van der Waals surface area contributed by atoms with Gasteiger partial charge in [0.2, 0.25) is 0 Å². The third-order valence-corrected chi connectivity index (χ3v) is 11.6. The number of rotatable bonds is 4. The molecule has 0 bridgehead atoms. The number of hydrogen-bond donors (Lipinski definition) is 0. The molecule has 2 aromatic heterocycles. The topological polar surface area (TPSA) is 61.0 Å². The fourth-order valence-electron chi connectivity index (χ4n) is 9.07. The number of benzene rings is 8. The van der Waals surface area contributed by atoms with E-state index in [1.54, 1.807) is 0 Å². The summed E-state index contributed by atoms with van der Waals surface area (Å²) in [5, 5.41) is 2.08. The molecule has 57 heavy (non-hydrogen) atoms. The highest BCUT2D eigenvalue weighted by Gasteiger charge is 2.51. The maximum atomic E-state index is 6.68. The molecule has 5 nitrogen and oxygen atoms in total. The van der Waals surface area contributed by atoms with Crippen molar-refractivity contribution in [2.24, 2.45) is 0 Å². The van der Waals surface area contributed by atoms with Gasteiger partial charge in [0.25, 0.3) is 0 Å². The van der Waals surface area contributed by atoms with E-state index in [1.165, 1.54) is 22.3 Å². The zero-order valence-corrected chi connectivity index (χ0v) is 30.6. The lowest BCUT2D eigenvalue weighted by molar-refractivity contribution is 0.436. The first-order chi connectivity index (χ1) is 28.2. The van der Waals surface area contributed by atoms with Gasteiger partial charge < -0.3 is 9.15 Å². The van der Waals surface area contributed by atoms with Crippen LogP contribution in [-0.2, 0) is 5.41 Å². The minimum Gasteiger partial charge on any atom is -0.457 e. The molecule has 10 aromatic rings. The Morgan fingerprint density at radius 1 is 0.333 bits per heavy atom. The summed E-state index contributed by atoms with van der Waals surface area (Å²) in [7, 11) is 0. The van der Waals surface area contributed by atoms with Crippen molar-refractivity contribution in [1.82, 2.24) is 15.0 Å². The van der Waals surface area contributed by atoms with Gasteiger partial charge in [-0.1, -0.05) is 146 Å². The van der Waals surface area contributed by atoms with E-state index in [4.69, 9.17) is 24.1 Å². The number of furan rings is 1. The third kappa shape index (κ3) is 4.72. The van der Waals surface area contributed by atoms with Crippen LogP contribution in [0.3, 0.4) is 0 Å². The minimum atomic E-state index is -0.522. The number of para-hydroxylation sites is 1. The number of nitrogens with zero attached hydrogens (tertiary/aromatic N) is 3. The number of hydrogen-bond acceptors (Lipinski definition) is 5. The van der Waals surface area contributed by atoms with Crippen molar-refractivity contribution in [2.45, 2.75) is 5.41 Å². The summed E-state index contributed by atoms with van der Waals surface area (Å²) in [5.74, 6) is 3.60. The van der Waals surface area contributed by atoms with Crippen molar-refractivity contribution < 1.29 is 9.15 Å². The molecule has 0 saturated heterocycles. The Morgan fingerprint density at radius 2 is 0.860 bits per heavy atom. The van der Waals surface area contributed by atoms with Crippen molar-refractivity contribution >= 4 is 21.9 Å². The maximum absolute atomic E-state index is 6.68. The van der Waals surface area contributed by atoms with E-state index in [-0.39, 0.29) is 0 Å². The summed E-state index contributed by atoms with van der Waals surface area (Å²) < 4.78 is 13.2. The summed E-state index contributed by atoms with van der Waals surface area (Å²) in [6.45, 7) is 0. The summed E-state index contributed by atoms with van der Waals surface area (Å²) in [6.07, 6.45) is 0. The van der Waals surface area contributed by atoms with Crippen LogP contribution >= 0.6 is 0 Å².